The predicted octanol–water partition coefficient (Wildman–Crippen LogP) is 4.68. The first kappa shape index (κ1) is 24.2. The molecule has 0 atom stereocenters. The number of morpholine rings is 1. The number of terminal acetylenes is 1. The summed E-state index contributed by atoms with van der Waals surface area (Å²) in [5.41, 5.74) is 1.24. The third-order valence-corrected chi connectivity index (χ3v) is 5.55. The Balaban J connectivity index is 1.68. The minimum absolute atomic E-state index is 0.205. The van der Waals surface area contributed by atoms with Gasteiger partial charge in [-0.2, -0.15) is 13.2 Å². The number of amides is 1. The summed E-state index contributed by atoms with van der Waals surface area (Å²) in [7, 11) is 0. The van der Waals surface area contributed by atoms with Gasteiger partial charge in [0.25, 0.3) is 5.91 Å². The third kappa shape index (κ3) is 5.25. The quantitative estimate of drug-likeness (QED) is 0.430. The summed E-state index contributed by atoms with van der Waals surface area (Å²) in [6.45, 7) is 4.05. The van der Waals surface area contributed by atoms with Crippen LogP contribution in [0.3, 0.4) is 0 Å². The maximum atomic E-state index is 14.7. The summed E-state index contributed by atoms with van der Waals surface area (Å²) in [4.78, 5) is 22.7. The second-order valence-corrected chi connectivity index (χ2v) is 7.86. The molecule has 0 saturated carbocycles. The van der Waals surface area contributed by atoms with Crippen LogP contribution in [0.1, 0.15) is 27.3 Å². The third-order valence-electron chi connectivity index (χ3n) is 5.55. The number of benzene rings is 1. The molecule has 0 radical (unpaired) electrons. The van der Waals surface area contributed by atoms with Gasteiger partial charge in [-0.3, -0.25) is 9.78 Å². The Kier molecular flexibility index (Phi) is 6.71. The lowest BCUT2D eigenvalue weighted by molar-refractivity contribution is -0.137. The highest BCUT2D eigenvalue weighted by molar-refractivity contribution is 6.03. The molecule has 1 aliphatic heterocycles. The number of anilines is 2. The van der Waals surface area contributed by atoms with Crippen LogP contribution in [0, 0.1) is 25.1 Å². The lowest BCUT2D eigenvalue weighted by Gasteiger charge is -2.29. The van der Waals surface area contributed by atoms with Crippen LogP contribution in [0.15, 0.2) is 42.7 Å². The molecule has 1 fully saturated rings. The van der Waals surface area contributed by atoms with E-state index < -0.39 is 29.2 Å². The van der Waals surface area contributed by atoms with Gasteiger partial charge in [-0.15, -0.1) is 6.42 Å². The van der Waals surface area contributed by atoms with Crippen LogP contribution < -0.4 is 10.2 Å². The van der Waals surface area contributed by atoms with E-state index in [0.29, 0.717) is 54.8 Å². The molecule has 1 aliphatic rings. The summed E-state index contributed by atoms with van der Waals surface area (Å²) >= 11 is 0. The van der Waals surface area contributed by atoms with Crippen molar-refractivity contribution in [2.75, 3.05) is 36.5 Å². The molecule has 1 N–H and O–H groups in total. The van der Waals surface area contributed by atoms with Gasteiger partial charge in [0.05, 0.1) is 30.2 Å². The van der Waals surface area contributed by atoms with Crippen molar-refractivity contribution >= 4 is 17.3 Å². The fourth-order valence-electron chi connectivity index (χ4n) is 3.75. The fourth-order valence-corrected chi connectivity index (χ4v) is 3.75. The number of ether oxygens (including phenoxy) is 1. The summed E-state index contributed by atoms with van der Waals surface area (Å²) < 4.78 is 59.0. The first-order valence-corrected chi connectivity index (χ1v) is 10.6. The molecule has 4 rings (SSSR count). The Hall–Kier alpha value is -3.97. The molecule has 0 spiro atoms. The second-order valence-electron chi connectivity index (χ2n) is 7.86. The van der Waals surface area contributed by atoms with Crippen LogP contribution in [-0.2, 0) is 10.9 Å². The molecule has 1 aromatic carbocycles. The molecule has 3 aromatic rings. The van der Waals surface area contributed by atoms with Gasteiger partial charge >= 0.3 is 6.18 Å². The number of hydrogen-bond acceptors (Lipinski definition) is 5. The number of pyridine rings is 2. The maximum absolute atomic E-state index is 14.7. The summed E-state index contributed by atoms with van der Waals surface area (Å²) in [5.74, 6) is 0.853. The van der Waals surface area contributed by atoms with Crippen molar-refractivity contribution in [2.24, 2.45) is 0 Å². The number of carbonyl (C=O) groups is 1. The Morgan fingerprint density at radius 1 is 1.17 bits per heavy atom. The number of nitrogens with one attached hydrogen (secondary N) is 1. The molecule has 0 aliphatic carbocycles. The van der Waals surface area contributed by atoms with Gasteiger partial charge in [0.1, 0.15) is 17.2 Å². The first-order valence-electron chi connectivity index (χ1n) is 10.6. The molecule has 1 amide bonds. The molecule has 35 heavy (non-hydrogen) atoms. The number of aromatic nitrogens is 2. The van der Waals surface area contributed by atoms with Crippen LogP contribution in [0.25, 0.3) is 11.1 Å². The van der Waals surface area contributed by atoms with Crippen molar-refractivity contribution in [1.82, 2.24) is 9.97 Å². The van der Waals surface area contributed by atoms with E-state index in [1.165, 1.54) is 12.1 Å². The Morgan fingerprint density at radius 3 is 2.60 bits per heavy atom. The van der Waals surface area contributed by atoms with Crippen LogP contribution >= 0.6 is 0 Å². The topological polar surface area (TPSA) is 67.4 Å². The number of halogens is 4. The molecule has 180 valence electrons. The minimum atomic E-state index is -4.64. The smallest absolute Gasteiger partial charge is 0.378 e. The standard InChI is InChI=1S/C25H20F4N4O2/c1-3-20-23(33-6-8-35-9-7-33)11-16(14-31-20)18-13-21(19(26)10-15(18)2)32-24(34)22-12-17(4-5-30-22)25(27,28)29/h1,4-5,10-14H,6-9H2,2H3,(H,32,34). The van der Waals surface area contributed by atoms with Crippen molar-refractivity contribution in [2.45, 2.75) is 13.1 Å². The molecule has 1 saturated heterocycles. The zero-order valence-corrected chi connectivity index (χ0v) is 18.6. The molecule has 2 aromatic heterocycles. The van der Waals surface area contributed by atoms with E-state index in [9.17, 15) is 22.4 Å². The van der Waals surface area contributed by atoms with Gasteiger partial charge in [0.15, 0.2) is 0 Å². The molecular weight excluding hydrogens is 464 g/mol. The van der Waals surface area contributed by atoms with E-state index in [-0.39, 0.29) is 5.69 Å². The number of nitrogens with zero attached hydrogens (tertiary/aromatic N) is 3. The van der Waals surface area contributed by atoms with Crippen molar-refractivity contribution < 1.29 is 27.1 Å². The highest BCUT2D eigenvalue weighted by Gasteiger charge is 2.31. The van der Waals surface area contributed by atoms with Crippen LogP contribution in [-0.4, -0.2) is 42.2 Å². The Labute approximate surface area is 199 Å². The van der Waals surface area contributed by atoms with Crippen molar-refractivity contribution in [3.8, 4) is 23.5 Å². The number of rotatable bonds is 4. The van der Waals surface area contributed by atoms with Crippen molar-refractivity contribution in [1.29, 1.82) is 0 Å². The highest BCUT2D eigenvalue weighted by atomic mass is 19.4. The molecule has 6 nitrogen and oxygen atoms in total. The summed E-state index contributed by atoms with van der Waals surface area (Å²) in [6, 6.07) is 5.84. The summed E-state index contributed by atoms with van der Waals surface area (Å²) in [5, 5.41) is 2.32. The fraction of sp³-hybridized carbons (Fsp3) is 0.240. The largest absolute Gasteiger partial charge is 0.416 e. The molecule has 0 bridgehead atoms. The Morgan fingerprint density at radius 2 is 1.91 bits per heavy atom. The van der Waals surface area contributed by atoms with Crippen LogP contribution in [0.2, 0.25) is 0 Å². The molecule has 3 heterocycles. The van der Waals surface area contributed by atoms with Gasteiger partial charge < -0.3 is 15.0 Å². The van der Waals surface area contributed by atoms with E-state index in [1.807, 2.05) is 6.07 Å². The average Bonchev–Trinajstić information content (AvgIpc) is 2.85. The molecule has 10 heteroatoms. The van der Waals surface area contributed by atoms with Gasteiger partial charge in [-0.1, -0.05) is 0 Å². The van der Waals surface area contributed by atoms with E-state index in [1.54, 1.807) is 13.1 Å². The average molecular weight is 484 g/mol. The van der Waals surface area contributed by atoms with E-state index in [0.717, 1.165) is 18.0 Å². The van der Waals surface area contributed by atoms with Crippen molar-refractivity contribution in [3.05, 3.63) is 71.1 Å². The monoisotopic (exact) mass is 484 g/mol. The van der Waals surface area contributed by atoms with Crippen LogP contribution in [0.4, 0.5) is 28.9 Å². The highest BCUT2D eigenvalue weighted by Crippen LogP contribution is 2.33. The lowest BCUT2D eigenvalue weighted by atomic mass is 9.99. The SMILES string of the molecule is C#Cc1ncc(-c2cc(NC(=O)c3cc(C(F)(F)F)ccn3)c(F)cc2C)cc1N1CCOCC1. The first-order chi connectivity index (χ1) is 16.7. The van der Waals surface area contributed by atoms with Gasteiger partial charge in [0, 0.05) is 31.0 Å². The van der Waals surface area contributed by atoms with Crippen LogP contribution in [0.5, 0.6) is 0 Å². The Bertz CT molecular complexity index is 1310. The number of hydrogen-bond donors (Lipinski definition) is 1. The zero-order valence-electron chi connectivity index (χ0n) is 18.6. The molecular formula is C25H20F4N4O2. The second kappa shape index (κ2) is 9.72. The summed E-state index contributed by atoms with van der Waals surface area (Å²) in [6.07, 6.45) is 3.41. The minimum Gasteiger partial charge on any atom is -0.378 e. The number of alkyl halides is 3. The molecule has 0 unspecified atom stereocenters. The predicted molar refractivity (Wildman–Crippen MR) is 123 cm³/mol. The van der Waals surface area contributed by atoms with Gasteiger partial charge in [-0.05, 0) is 54.3 Å². The van der Waals surface area contributed by atoms with Gasteiger partial charge in [-0.25, -0.2) is 9.37 Å². The van der Waals surface area contributed by atoms with E-state index in [2.05, 4.69) is 26.1 Å². The number of aryl methyl sites for hydroxylation is 1. The zero-order chi connectivity index (χ0) is 25.2. The van der Waals surface area contributed by atoms with E-state index >= 15 is 0 Å². The van der Waals surface area contributed by atoms with Gasteiger partial charge in [0.2, 0.25) is 0 Å². The number of carbonyl (C=O) groups excluding carboxylic acids is 1. The normalized spacial score (nSPS) is 13.9. The van der Waals surface area contributed by atoms with Crippen molar-refractivity contribution in [3.63, 3.8) is 0 Å². The maximum Gasteiger partial charge on any atom is 0.416 e. The lowest BCUT2D eigenvalue weighted by Crippen LogP contribution is -2.36. The van der Waals surface area contributed by atoms with E-state index in [4.69, 9.17) is 11.2 Å².